The molecule has 0 aromatic carbocycles. The molecule has 0 radical (unpaired) electrons. The number of hydrogen-bond acceptors (Lipinski definition) is 4. The summed E-state index contributed by atoms with van der Waals surface area (Å²) in [6.45, 7) is 1.94. The monoisotopic (exact) mass is 236 g/mol. The van der Waals surface area contributed by atoms with Gasteiger partial charge in [0.25, 0.3) is 0 Å². The third-order valence-corrected chi connectivity index (χ3v) is 3.83. The minimum absolute atomic E-state index is 0.210. The van der Waals surface area contributed by atoms with E-state index in [-0.39, 0.29) is 12.1 Å². The van der Waals surface area contributed by atoms with Gasteiger partial charge in [0.05, 0.1) is 0 Å². The second-order valence-electron chi connectivity index (χ2n) is 4.19. The Labute approximate surface area is 97.0 Å². The van der Waals surface area contributed by atoms with Gasteiger partial charge in [0.1, 0.15) is 16.9 Å². The molecular weight excluding hydrogens is 224 g/mol. The molecule has 16 heavy (non-hydrogen) atoms. The molecule has 3 rings (SSSR count). The van der Waals surface area contributed by atoms with Gasteiger partial charge in [-0.25, -0.2) is 9.78 Å². The van der Waals surface area contributed by atoms with E-state index in [9.17, 15) is 4.79 Å². The Morgan fingerprint density at radius 2 is 2.31 bits per heavy atom. The number of nitrogens with two attached hydrogens (primary N) is 1. The van der Waals surface area contributed by atoms with Crippen molar-refractivity contribution in [2.75, 3.05) is 0 Å². The van der Waals surface area contributed by atoms with Crippen LogP contribution in [0.15, 0.2) is 10.4 Å². The van der Waals surface area contributed by atoms with Crippen molar-refractivity contribution in [2.24, 2.45) is 10.7 Å². The number of aliphatic imine (C=N–C) groups is 1. The third kappa shape index (κ3) is 1.41. The third-order valence-electron chi connectivity index (χ3n) is 2.81. The number of aryl methyl sites for hydroxylation is 1. The Morgan fingerprint density at radius 1 is 1.56 bits per heavy atom. The van der Waals surface area contributed by atoms with E-state index in [0.717, 1.165) is 23.5 Å². The van der Waals surface area contributed by atoms with E-state index in [4.69, 9.17) is 5.73 Å². The molecule has 2 amide bonds. The zero-order valence-corrected chi connectivity index (χ0v) is 9.70. The molecule has 6 heteroatoms. The van der Waals surface area contributed by atoms with Crippen LogP contribution in [-0.2, 0) is 0 Å². The highest BCUT2D eigenvalue weighted by Crippen LogP contribution is 2.38. The summed E-state index contributed by atoms with van der Waals surface area (Å²) in [5.41, 5.74) is 6.78. The summed E-state index contributed by atoms with van der Waals surface area (Å²) in [5, 5.41) is 2.84. The molecule has 1 aromatic heterocycles. The van der Waals surface area contributed by atoms with Crippen LogP contribution >= 0.6 is 11.3 Å². The lowest BCUT2D eigenvalue weighted by molar-refractivity contribution is 0.203. The number of rotatable bonds is 2. The molecule has 84 valence electrons. The van der Waals surface area contributed by atoms with E-state index in [1.807, 2.05) is 12.3 Å². The van der Waals surface area contributed by atoms with Gasteiger partial charge in [0, 0.05) is 17.1 Å². The van der Waals surface area contributed by atoms with E-state index < -0.39 is 0 Å². The minimum atomic E-state index is -0.223. The predicted octanol–water partition coefficient (Wildman–Crippen LogP) is 1.45. The summed E-state index contributed by atoms with van der Waals surface area (Å²) >= 11 is 1.54. The van der Waals surface area contributed by atoms with Crippen LogP contribution in [0.3, 0.4) is 0 Å². The maximum atomic E-state index is 11.7. The number of urea groups is 1. The molecule has 0 bridgehead atoms. The average molecular weight is 236 g/mol. The van der Waals surface area contributed by atoms with Gasteiger partial charge in [0.15, 0.2) is 0 Å². The molecular formula is C10H12N4OS. The molecule has 1 aromatic rings. The molecule has 1 aliphatic heterocycles. The lowest BCUT2D eigenvalue weighted by Crippen LogP contribution is -2.34. The van der Waals surface area contributed by atoms with E-state index in [1.165, 1.54) is 11.3 Å². The normalized spacial score (nSPS) is 25.1. The number of carbonyl (C=O) groups excluding carboxylic acids is 1. The lowest BCUT2D eigenvalue weighted by atomic mass is 10.2. The zero-order valence-electron chi connectivity index (χ0n) is 8.88. The number of carbonyl (C=O) groups is 1. The average Bonchev–Trinajstić information content (AvgIpc) is 2.90. The molecule has 5 nitrogen and oxygen atoms in total. The van der Waals surface area contributed by atoms with Crippen molar-refractivity contribution in [1.29, 1.82) is 0 Å². The van der Waals surface area contributed by atoms with E-state index in [0.29, 0.717) is 11.9 Å². The Hall–Kier alpha value is -1.43. The molecule has 2 N–H and O–H groups in total. The van der Waals surface area contributed by atoms with Crippen LogP contribution in [-0.4, -0.2) is 27.8 Å². The van der Waals surface area contributed by atoms with Crippen molar-refractivity contribution in [2.45, 2.75) is 31.8 Å². The Kier molecular flexibility index (Phi) is 2.00. The first-order chi connectivity index (χ1) is 7.66. The summed E-state index contributed by atoms with van der Waals surface area (Å²) in [6.07, 6.45) is 2.10. The molecule has 0 spiro atoms. The standard InChI is InChI=1S/C10H12N4OS/c1-5-4-16-9(12-5)7-8(11)13-10(15)14(7)6-2-3-6/h4,6-7H,2-3H2,1H3,(H2,11,13,15). The largest absolute Gasteiger partial charge is 0.385 e. The Balaban J connectivity index is 1.97. The number of hydrogen-bond donors (Lipinski definition) is 1. The highest BCUT2D eigenvalue weighted by Gasteiger charge is 2.44. The van der Waals surface area contributed by atoms with Crippen LogP contribution in [0.5, 0.6) is 0 Å². The van der Waals surface area contributed by atoms with Crippen LogP contribution in [0.2, 0.25) is 0 Å². The van der Waals surface area contributed by atoms with Gasteiger partial charge in [-0.05, 0) is 19.8 Å². The molecule has 1 unspecified atom stereocenters. The molecule has 2 aliphatic rings. The number of amides is 2. The summed E-state index contributed by atoms with van der Waals surface area (Å²) in [4.78, 5) is 21.7. The van der Waals surface area contributed by atoms with Crippen molar-refractivity contribution in [1.82, 2.24) is 9.88 Å². The first kappa shape index (κ1) is 9.77. The molecule has 1 atom stereocenters. The summed E-state index contributed by atoms with van der Waals surface area (Å²) in [5.74, 6) is 0.381. The van der Waals surface area contributed by atoms with Gasteiger partial charge >= 0.3 is 6.03 Å². The molecule has 1 aliphatic carbocycles. The van der Waals surface area contributed by atoms with Gasteiger partial charge in [-0.3, -0.25) is 0 Å². The van der Waals surface area contributed by atoms with Crippen molar-refractivity contribution in [3.05, 3.63) is 16.1 Å². The Bertz CT molecular complexity index is 477. The first-order valence-corrected chi connectivity index (χ1v) is 6.13. The minimum Gasteiger partial charge on any atom is -0.385 e. The fourth-order valence-corrected chi connectivity index (χ4v) is 2.85. The molecule has 2 heterocycles. The van der Waals surface area contributed by atoms with Crippen molar-refractivity contribution < 1.29 is 4.79 Å². The molecule has 1 fully saturated rings. The van der Waals surface area contributed by atoms with Crippen molar-refractivity contribution in [3.63, 3.8) is 0 Å². The number of aromatic nitrogens is 1. The summed E-state index contributed by atoms with van der Waals surface area (Å²) < 4.78 is 0. The number of amidine groups is 1. The van der Waals surface area contributed by atoms with E-state index in [1.54, 1.807) is 4.90 Å². The fourth-order valence-electron chi connectivity index (χ4n) is 1.95. The lowest BCUT2D eigenvalue weighted by Gasteiger charge is -2.21. The van der Waals surface area contributed by atoms with Gasteiger partial charge in [-0.15, -0.1) is 11.3 Å². The predicted molar refractivity (Wildman–Crippen MR) is 61.5 cm³/mol. The quantitative estimate of drug-likeness (QED) is 0.844. The zero-order chi connectivity index (χ0) is 11.3. The number of nitrogens with zero attached hydrogens (tertiary/aromatic N) is 3. The van der Waals surface area contributed by atoms with Crippen molar-refractivity contribution >= 4 is 23.2 Å². The fraction of sp³-hybridized carbons (Fsp3) is 0.500. The summed E-state index contributed by atoms with van der Waals surface area (Å²) in [6, 6.07) is -0.122. The van der Waals surface area contributed by atoms with Crippen molar-refractivity contribution in [3.8, 4) is 0 Å². The highest BCUT2D eigenvalue weighted by atomic mass is 32.1. The maximum absolute atomic E-state index is 11.7. The number of thiazole rings is 1. The van der Waals surface area contributed by atoms with Gasteiger partial charge < -0.3 is 10.6 Å². The topological polar surface area (TPSA) is 71.6 Å². The van der Waals surface area contributed by atoms with E-state index in [2.05, 4.69) is 9.98 Å². The van der Waals surface area contributed by atoms with E-state index >= 15 is 0 Å². The SMILES string of the molecule is Cc1csc(C2C(N)=NC(=O)N2C2CC2)n1. The van der Waals surface area contributed by atoms with Crippen LogP contribution in [0.25, 0.3) is 0 Å². The van der Waals surface area contributed by atoms with Crippen LogP contribution in [0, 0.1) is 6.92 Å². The summed E-state index contributed by atoms with van der Waals surface area (Å²) in [7, 11) is 0. The van der Waals surface area contributed by atoms with Gasteiger partial charge in [0.2, 0.25) is 0 Å². The first-order valence-electron chi connectivity index (χ1n) is 5.25. The maximum Gasteiger partial charge on any atom is 0.346 e. The Morgan fingerprint density at radius 3 is 2.88 bits per heavy atom. The highest BCUT2D eigenvalue weighted by molar-refractivity contribution is 7.09. The molecule has 1 saturated carbocycles. The second-order valence-corrected chi connectivity index (χ2v) is 5.08. The van der Waals surface area contributed by atoms with Gasteiger partial charge in [-0.1, -0.05) is 0 Å². The second kappa shape index (κ2) is 3.28. The van der Waals surface area contributed by atoms with Crippen LogP contribution < -0.4 is 5.73 Å². The van der Waals surface area contributed by atoms with Crippen LogP contribution in [0.4, 0.5) is 4.79 Å². The molecule has 0 saturated heterocycles. The van der Waals surface area contributed by atoms with Crippen LogP contribution in [0.1, 0.15) is 29.6 Å². The van der Waals surface area contributed by atoms with Gasteiger partial charge in [-0.2, -0.15) is 4.99 Å². The smallest absolute Gasteiger partial charge is 0.346 e.